The van der Waals surface area contributed by atoms with E-state index in [1.807, 2.05) is 11.8 Å². The van der Waals surface area contributed by atoms with E-state index in [9.17, 15) is 22.8 Å². The summed E-state index contributed by atoms with van der Waals surface area (Å²) in [4.78, 5) is 42.0. The zero-order valence-corrected chi connectivity index (χ0v) is 22.3. The number of amides is 1. The van der Waals surface area contributed by atoms with Gasteiger partial charge in [-0.25, -0.2) is 19.7 Å². The molecule has 0 saturated carbocycles. The topological polar surface area (TPSA) is 101 Å². The van der Waals surface area contributed by atoms with Crippen molar-refractivity contribution in [3.05, 3.63) is 76.4 Å². The number of methoxy groups -OCH3 is 1. The number of halogens is 3. The number of carbonyl (C=O) groups excluding carboxylic acids is 2. The van der Waals surface area contributed by atoms with Gasteiger partial charge in [0.1, 0.15) is 5.69 Å². The van der Waals surface area contributed by atoms with Gasteiger partial charge in [-0.05, 0) is 62.6 Å². The summed E-state index contributed by atoms with van der Waals surface area (Å²) in [6.45, 7) is 5.43. The molecule has 2 aromatic heterocycles. The molecule has 0 radical (unpaired) electrons. The van der Waals surface area contributed by atoms with Crippen LogP contribution in [0.25, 0.3) is 0 Å². The molecule has 1 saturated heterocycles. The van der Waals surface area contributed by atoms with E-state index in [1.165, 1.54) is 19.4 Å². The summed E-state index contributed by atoms with van der Waals surface area (Å²) in [5.74, 6) is -0.507. The molecule has 210 valence electrons. The number of anilines is 2. The number of likely N-dealkylation sites (tertiary alicyclic amines) is 1. The molecule has 0 unspecified atom stereocenters. The van der Waals surface area contributed by atoms with Crippen LogP contribution in [0.3, 0.4) is 0 Å². The Hall–Kier alpha value is -4.06. The predicted octanol–water partition coefficient (Wildman–Crippen LogP) is 4.74. The van der Waals surface area contributed by atoms with Crippen LogP contribution in [0, 0.1) is 6.92 Å². The smallest absolute Gasteiger partial charge is 0.416 e. The van der Waals surface area contributed by atoms with Gasteiger partial charge in [0.25, 0.3) is 5.91 Å². The number of hydrogen-bond donors (Lipinski definition) is 1. The van der Waals surface area contributed by atoms with Gasteiger partial charge < -0.3 is 15.0 Å². The van der Waals surface area contributed by atoms with Crippen LogP contribution in [0.4, 0.5) is 24.8 Å². The monoisotopic (exact) mass is 554 g/mol. The lowest BCUT2D eigenvalue weighted by molar-refractivity contribution is -0.137. The molecule has 1 fully saturated rings. The number of aryl methyl sites for hydroxylation is 1. The lowest BCUT2D eigenvalue weighted by atomic mass is 9.96. The van der Waals surface area contributed by atoms with Gasteiger partial charge >= 0.3 is 12.1 Å². The van der Waals surface area contributed by atoms with Crippen molar-refractivity contribution >= 4 is 23.5 Å². The normalized spacial score (nSPS) is 19.3. The molecule has 2 aliphatic heterocycles. The average Bonchev–Trinajstić information content (AvgIpc) is 3.35. The van der Waals surface area contributed by atoms with E-state index in [1.54, 1.807) is 25.3 Å². The number of alkyl halides is 3. The fourth-order valence-electron chi connectivity index (χ4n) is 5.37. The highest BCUT2D eigenvalue weighted by Crippen LogP contribution is 2.33. The zero-order chi connectivity index (χ0) is 28.6. The van der Waals surface area contributed by atoms with E-state index in [0.717, 1.165) is 36.2 Å². The summed E-state index contributed by atoms with van der Waals surface area (Å²) in [5, 5.41) is 2.92. The van der Waals surface area contributed by atoms with Crippen LogP contribution in [0.2, 0.25) is 0 Å². The van der Waals surface area contributed by atoms with E-state index < -0.39 is 17.7 Å². The third-order valence-electron chi connectivity index (χ3n) is 7.37. The molecule has 1 aromatic carbocycles. The van der Waals surface area contributed by atoms with Gasteiger partial charge in [0.2, 0.25) is 5.95 Å². The third-order valence-corrected chi connectivity index (χ3v) is 7.37. The Balaban J connectivity index is 1.22. The molecule has 5 rings (SSSR count). The van der Waals surface area contributed by atoms with Crippen LogP contribution in [0.5, 0.6) is 0 Å². The molecule has 3 aromatic rings. The molecule has 0 spiro atoms. The third kappa shape index (κ3) is 5.76. The first kappa shape index (κ1) is 27.5. The highest BCUT2D eigenvalue weighted by Gasteiger charge is 2.35. The molecule has 40 heavy (non-hydrogen) atoms. The first-order chi connectivity index (χ1) is 19.0. The van der Waals surface area contributed by atoms with Gasteiger partial charge in [-0.2, -0.15) is 13.2 Å². The molecule has 4 heterocycles. The molecule has 2 aliphatic rings. The SMILES string of the molecule is COC(=O)c1cc(C(=O)N2CC[C@@H](N3Cc4cnc(Nc5cc(C)cc(C(F)(F)F)c5)nc4C3)C[C@H]2C)ccn1. The minimum Gasteiger partial charge on any atom is -0.464 e. The fourth-order valence-corrected chi connectivity index (χ4v) is 5.37. The molecule has 12 heteroatoms. The van der Waals surface area contributed by atoms with Crippen LogP contribution >= 0.6 is 0 Å². The Morgan fingerprint density at radius 1 is 1.12 bits per heavy atom. The Bertz CT molecular complexity index is 1450. The quantitative estimate of drug-likeness (QED) is 0.452. The Kier molecular flexibility index (Phi) is 7.45. The largest absolute Gasteiger partial charge is 0.464 e. The summed E-state index contributed by atoms with van der Waals surface area (Å²) >= 11 is 0. The second kappa shape index (κ2) is 10.8. The molecule has 0 bridgehead atoms. The van der Waals surface area contributed by atoms with E-state index in [0.29, 0.717) is 30.8 Å². The van der Waals surface area contributed by atoms with Crippen molar-refractivity contribution in [1.82, 2.24) is 24.8 Å². The standard InChI is InChI=1S/C28H29F3N6O3/c1-16-8-20(28(29,30)31)12-21(9-16)34-27-33-13-19-14-36(15-24(19)35-27)22-5-7-37(17(2)10-22)25(38)18-4-6-32-23(11-18)26(39)40-3/h4,6,8-9,11-13,17,22H,5,7,10,14-15H2,1-3H3,(H,33,34,35)/t17-,22-/m1/s1. The molecule has 1 N–H and O–H groups in total. The number of fused-ring (bicyclic) bond motifs is 1. The van der Waals surface area contributed by atoms with E-state index in [4.69, 9.17) is 4.74 Å². The van der Waals surface area contributed by atoms with Gasteiger partial charge in [-0.1, -0.05) is 0 Å². The van der Waals surface area contributed by atoms with Crippen molar-refractivity contribution in [1.29, 1.82) is 0 Å². The van der Waals surface area contributed by atoms with Crippen LogP contribution in [0.1, 0.15) is 63.0 Å². The number of nitrogens with zero attached hydrogens (tertiary/aromatic N) is 5. The summed E-state index contributed by atoms with van der Waals surface area (Å²) in [6.07, 6.45) is 0.230. The van der Waals surface area contributed by atoms with E-state index in [-0.39, 0.29) is 35.3 Å². The van der Waals surface area contributed by atoms with Gasteiger partial charge in [0.05, 0.1) is 18.4 Å². The number of esters is 1. The Morgan fingerprint density at radius 3 is 2.65 bits per heavy atom. The first-order valence-corrected chi connectivity index (χ1v) is 12.9. The van der Waals surface area contributed by atoms with Gasteiger partial charge in [-0.15, -0.1) is 0 Å². The number of carbonyl (C=O) groups is 2. The predicted molar refractivity (Wildman–Crippen MR) is 140 cm³/mol. The van der Waals surface area contributed by atoms with Crippen molar-refractivity contribution in [3.63, 3.8) is 0 Å². The number of rotatable bonds is 5. The highest BCUT2D eigenvalue weighted by molar-refractivity contribution is 5.97. The van der Waals surface area contributed by atoms with Crippen molar-refractivity contribution in [2.45, 2.75) is 58.0 Å². The van der Waals surface area contributed by atoms with Gasteiger partial charge in [0.15, 0.2) is 0 Å². The summed E-state index contributed by atoms with van der Waals surface area (Å²) in [6, 6.07) is 7.01. The maximum Gasteiger partial charge on any atom is 0.416 e. The van der Waals surface area contributed by atoms with E-state index >= 15 is 0 Å². The van der Waals surface area contributed by atoms with Crippen molar-refractivity contribution in [2.75, 3.05) is 19.0 Å². The fraction of sp³-hybridized carbons (Fsp3) is 0.393. The van der Waals surface area contributed by atoms with E-state index in [2.05, 4.69) is 25.2 Å². The van der Waals surface area contributed by atoms with Crippen LogP contribution in [0.15, 0.2) is 42.7 Å². The molecule has 0 aliphatic carbocycles. The van der Waals surface area contributed by atoms with Crippen LogP contribution in [-0.2, 0) is 24.0 Å². The molecule has 2 atom stereocenters. The lowest BCUT2D eigenvalue weighted by Gasteiger charge is -2.41. The summed E-state index contributed by atoms with van der Waals surface area (Å²) < 4.78 is 44.4. The number of benzene rings is 1. The van der Waals surface area contributed by atoms with Gasteiger partial charge in [0, 0.05) is 60.9 Å². The van der Waals surface area contributed by atoms with Crippen molar-refractivity contribution in [3.8, 4) is 0 Å². The Labute approximate surface area is 229 Å². The number of nitrogens with one attached hydrogen (secondary N) is 1. The second-order valence-corrected chi connectivity index (χ2v) is 10.2. The number of ether oxygens (including phenoxy) is 1. The number of aromatic nitrogens is 3. The number of piperidine rings is 1. The Morgan fingerprint density at radius 2 is 1.93 bits per heavy atom. The molecular weight excluding hydrogens is 525 g/mol. The maximum absolute atomic E-state index is 13.2. The minimum absolute atomic E-state index is 0.0304. The van der Waals surface area contributed by atoms with Crippen LogP contribution < -0.4 is 5.32 Å². The van der Waals surface area contributed by atoms with Gasteiger partial charge in [-0.3, -0.25) is 9.69 Å². The minimum atomic E-state index is -4.44. The zero-order valence-electron chi connectivity index (χ0n) is 22.3. The second-order valence-electron chi connectivity index (χ2n) is 10.2. The molecule has 9 nitrogen and oxygen atoms in total. The number of hydrogen-bond acceptors (Lipinski definition) is 8. The maximum atomic E-state index is 13.2. The van der Waals surface area contributed by atoms with Crippen molar-refractivity contribution < 1.29 is 27.5 Å². The van der Waals surface area contributed by atoms with Crippen LogP contribution in [-0.4, -0.2) is 62.4 Å². The molecular formula is C28H29F3N6O3. The summed E-state index contributed by atoms with van der Waals surface area (Å²) in [5.41, 5.74) is 2.32. The highest BCUT2D eigenvalue weighted by atomic mass is 19.4. The average molecular weight is 555 g/mol. The first-order valence-electron chi connectivity index (χ1n) is 12.9. The van der Waals surface area contributed by atoms with Crippen molar-refractivity contribution in [2.24, 2.45) is 0 Å². The lowest BCUT2D eigenvalue weighted by Crippen LogP contribution is -2.50. The number of pyridine rings is 1. The molecule has 1 amide bonds. The summed E-state index contributed by atoms with van der Waals surface area (Å²) in [7, 11) is 1.27.